The van der Waals surface area contributed by atoms with E-state index in [0.717, 1.165) is 18.8 Å². The molecule has 4 nitrogen and oxygen atoms in total. The van der Waals surface area contributed by atoms with Gasteiger partial charge in [0.15, 0.2) is 0 Å². The van der Waals surface area contributed by atoms with E-state index in [0.29, 0.717) is 11.9 Å². The zero-order valence-corrected chi connectivity index (χ0v) is 10.9. The summed E-state index contributed by atoms with van der Waals surface area (Å²) in [6.45, 7) is 1.87. The molecule has 1 aliphatic rings. The first-order chi connectivity index (χ1) is 8.81. The van der Waals surface area contributed by atoms with Gasteiger partial charge in [-0.05, 0) is 24.3 Å². The molecule has 0 unspecified atom stereocenters. The summed E-state index contributed by atoms with van der Waals surface area (Å²) in [4.78, 5) is 12.3. The van der Waals surface area contributed by atoms with Gasteiger partial charge in [0.1, 0.15) is 5.82 Å². The van der Waals surface area contributed by atoms with Gasteiger partial charge < -0.3 is 5.73 Å². The Morgan fingerprint density at radius 2 is 2.17 bits per heavy atom. The van der Waals surface area contributed by atoms with E-state index in [9.17, 15) is 0 Å². The second kappa shape index (κ2) is 5.04. The third kappa shape index (κ3) is 2.86. The zero-order chi connectivity index (χ0) is 12.4. The van der Waals surface area contributed by atoms with E-state index >= 15 is 0 Å². The molecule has 3 rings (SSSR count). The van der Waals surface area contributed by atoms with Gasteiger partial charge in [0, 0.05) is 24.0 Å². The van der Waals surface area contributed by atoms with Crippen LogP contribution in [-0.4, -0.2) is 20.9 Å². The smallest absolute Gasteiger partial charge is 0.141 e. The average Bonchev–Trinajstić information content (AvgIpc) is 3.10. The highest BCUT2D eigenvalue weighted by Crippen LogP contribution is 2.30. The predicted molar refractivity (Wildman–Crippen MR) is 73.0 cm³/mol. The first-order valence-electron chi connectivity index (χ1n) is 6.14. The molecule has 0 aromatic carbocycles. The average molecular weight is 260 g/mol. The highest BCUT2D eigenvalue weighted by molar-refractivity contribution is 7.09. The number of anilines is 1. The van der Waals surface area contributed by atoms with Gasteiger partial charge in [-0.3, -0.25) is 9.88 Å². The van der Waals surface area contributed by atoms with Gasteiger partial charge in [-0.2, -0.15) is 0 Å². The molecular weight excluding hydrogens is 244 g/mol. The van der Waals surface area contributed by atoms with Crippen molar-refractivity contribution in [1.82, 2.24) is 14.9 Å². The Morgan fingerprint density at radius 3 is 2.78 bits per heavy atom. The topological polar surface area (TPSA) is 55.0 Å². The van der Waals surface area contributed by atoms with Crippen molar-refractivity contribution in [3.05, 3.63) is 40.5 Å². The lowest BCUT2D eigenvalue weighted by Gasteiger charge is -2.20. The fraction of sp³-hybridized carbons (Fsp3) is 0.385. The number of hydrogen-bond donors (Lipinski definition) is 1. The Kier molecular flexibility index (Phi) is 3.25. The van der Waals surface area contributed by atoms with Crippen LogP contribution >= 0.6 is 11.3 Å². The van der Waals surface area contributed by atoms with E-state index in [2.05, 4.69) is 32.4 Å². The van der Waals surface area contributed by atoms with Crippen LogP contribution in [0.1, 0.15) is 23.4 Å². The number of nitrogen functional groups attached to an aromatic ring is 1. The summed E-state index contributed by atoms with van der Waals surface area (Å²) in [5.74, 6) is 0.481. The van der Waals surface area contributed by atoms with Crippen LogP contribution in [0.4, 0.5) is 5.82 Å². The Bertz CT molecular complexity index is 490. The minimum Gasteiger partial charge on any atom is -0.382 e. The van der Waals surface area contributed by atoms with E-state index in [4.69, 9.17) is 5.73 Å². The van der Waals surface area contributed by atoms with Crippen molar-refractivity contribution in [2.24, 2.45) is 0 Å². The maximum Gasteiger partial charge on any atom is 0.141 e. The summed E-state index contributed by atoms with van der Waals surface area (Å²) in [7, 11) is 0. The zero-order valence-electron chi connectivity index (χ0n) is 10.1. The highest BCUT2D eigenvalue weighted by Gasteiger charge is 2.29. The predicted octanol–water partition coefficient (Wildman–Crippen LogP) is 2.28. The van der Waals surface area contributed by atoms with Crippen LogP contribution < -0.4 is 5.73 Å². The van der Waals surface area contributed by atoms with E-state index in [1.165, 1.54) is 17.7 Å². The maximum absolute atomic E-state index is 5.55. The van der Waals surface area contributed by atoms with Crippen LogP contribution in [0.3, 0.4) is 0 Å². The molecule has 0 amide bonds. The lowest BCUT2D eigenvalue weighted by Crippen LogP contribution is -2.25. The first-order valence-corrected chi connectivity index (χ1v) is 7.02. The second-order valence-corrected chi connectivity index (χ2v) is 5.68. The molecular formula is C13H16N4S. The minimum atomic E-state index is 0.481. The molecule has 0 saturated heterocycles. The van der Waals surface area contributed by atoms with Gasteiger partial charge in [-0.1, -0.05) is 6.07 Å². The minimum absolute atomic E-state index is 0.481. The molecule has 0 spiro atoms. The van der Waals surface area contributed by atoms with Crippen molar-refractivity contribution in [1.29, 1.82) is 0 Å². The molecule has 18 heavy (non-hydrogen) atoms. The van der Waals surface area contributed by atoms with Gasteiger partial charge in [0.2, 0.25) is 0 Å². The van der Waals surface area contributed by atoms with Crippen LogP contribution in [-0.2, 0) is 13.1 Å². The molecule has 2 N–H and O–H groups in total. The quantitative estimate of drug-likeness (QED) is 0.896. The number of nitrogens with zero attached hydrogens (tertiary/aromatic N) is 3. The third-order valence-corrected chi connectivity index (χ3v) is 3.95. The molecule has 1 aliphatic carbocycles. The number of rotatable bonds is 5. The number of hydrogen-bond acceptors (Lipinski definition) is 5. The highest BCUT2D eigenvalue weighted by atomic mass is 32.1. The summed E-state index contributed by atoms with van der Waals surface area (Å²) in [5, 5.41) is 2.13. The molecule has 5 heteroatoms. The molecule has 2 aromatic rings. The van der Waals surface area contributed by atoms with Crippen LogP contribution in [0.25, 0.3) is 0 Å². The Morgan fingerprint density at radius 1 is 1.28 bits per heavy atom. The van der Waals surface area contributed by atoms with Gasteiger partial charge >= 0.3 is 0 Å². The molecule has 0 bridgehead atoms. The van der Waals surface area contributed by atoms with Crippen molar-refractivity contribution in [3.8, 4) is 0 Å². The lowest BCUT2D eigenvalue weighted by atomic mass is 10.3. The third-order valence-electron chi connectivity index (χ3n) is 3.09. The van der Waals surface area contributed by atoms with Crippen molar-refractivity contribution in [3.63, 3.8) is 0 Å². The van der Waals surface area contributed by atoms with Crippen molar-refractivity contribution < 1.29 is 0 Å². The molecule has 2 heterocycles. The van der Waals surface area contributed by atoms with Gasteiger partial charge in [-0.25, -0.2) is 4.98 Å². The van der Waals surface area contributed by atoms with Crippen molar-refractivity contribution >= 4 is 17.2 Å². The largest absolute Gasteiger partial charge is 0.382 e. The van der Waals surface area contributed by atoms with Crippen LogP contribution in [0.5, 0.6) is 0 Å². The van der Waals surface area contributed by atoms with Crippen molar-refractivity contribution in [2.45, 2.75) is 32.0 Å². The van der Waals surface area contributed by atoms with Crippen molar-refractivity contribution in [2.75, 3.05) is 5.73 Å². The summed E-state index contributed by atoms with van der Waals surface area (Å²) in [5.41, 5.74) is 6.55. The number of thiophene rings is 1. The summed E-state index contributed by atoms with van der Waals surface area (Å²) in [6.07, 6.45) is 6.01. The number of nitrogens with two attached hydrogens (primary N) is 1. The molecule has 0 radical (unpaired) electrons. The van der Waals surface area contributed by atoms with E-state index in [1.807, 2.05) is 11.3 Å². The lowest BCUT2D eigenvalue weighted by molar-refractivity contribution is 0.244. The van der Waals surface area contributed by atoms with Gasteiger partial charge in [-0.15, -0.1) is 11.3 Å². The molecule has 0 aliphatic heterocycles. The van der Waals surface area contributed by atoms with E-state index < -0.39 is 0 Å². The molecule has 0 atom stereocenters. The number of aromatic nitrogens is 2. The van der Waals surface area contributed by atoms with Crippen LogP contribution in [0, 0.1) is 0 Å². The summed E-state index contributed by atoms with van der Waals surface area (Å²) >= 11 is 1.81. The fourth-order valence-electron chi connectivity index (χ4n) is 2.01. The standard InChI is InChI=1S/C13H16N4S/c14-13-7-15-10(6-16-13)8-17(11-3-4-11)9-12-2-1-5-18-12/h1-2,5-7,11H,3-4,8-9H2,(H2,14,16). The second-order valence-electron chi connectivity index (χ2n) is 4.65. The Hall–Kier alpha value is -1.46. The van der Waals surface area contributed by atoms with E-state index in [1.54, 1.807) is 12.4 Å². The monoisotopic (exact) mass is 260 g/mol. The SMILES string of the molecule is Nc1cnc(CN(Cc2cccs2)C2CC2)cn1. The molecule has 2 aromatic heterocycles. The van der Waals surface area contributed by atoms with Crippen LogP contribution in [0.15, 0.2) is 29.9 Å². The summed E-state index contributed by atoms with van der Waals surface area (Å²) in [6, 6.07) is 5.01. The normalized spacial score (nSPS) is 15.2. The maximum atomic E-state index is 5.55. The fourth-order valence-corrected chi connectivity index (χ4v) is 2.74. The first kappa shape index (κ1) is 11.6. The van der Waals surface area contributed by atoms with E-state index in [-0.39, 0.29) is 0 Å². The Balaban J connectivity index is 1.68. The van der Waals surface area contributed by atoms with Gasteiger partial charge in [0.05, 0.1) is 18.1 Å². The molecule has 1 fully saturated rings. The summed E-state index contributed by atoms with van der Waals surface area (Å²) < 4.78 is 0. The molecule has 1 saturated carbocycles. The Labute approximate surface area is 110 Å². The van der Waals surface area contributed by atoms with Gasteiger partial charge in [0.25, 0.3) is 0 Å². The van der Waals surface area contributed by atoms with Crippen LogP contribution in [0.2, 0.25) is 0 Å². The molecule has 94 valence electrons.